The van der Waals surface area contributed by atoms with Crippen LogP contribution < -0.4 is 9.94 Å². The molecule has 2 N–H and O–H groups in total. The number of nitrogens with zero attached hydrogens (tertiary/aromatic N) is 4. The third-order valence-electron chi connectivity index (χ3n) is 2.46. The van der Waals surface area contributed by atoms with Crippen molar-refractivity contribution in [1.82, 2.24) is 9.78 Å². The predicted octanol–water partition coefficient (Wildman–Crippen LogP) is -0.673. The summed E-state index contributed by atoms with van der Waals surface area (Å²) in [4.78, 5) is 9.29. The summed E-state index contributed by atoms with van der Waals surface area (Å²) < 4.78 is 50.6. The van der Waals surface area contributed by atoms with Crippen LogP contribution in [0.3, 0.4) is 0 Å². The molecule has 0 amide bonds. The minimum Gasteiger partial charge on any atom is -0.258 e. The molecule has 1 aromatic carbocycles. The fraction of sp³-hybridized carbons (Fsp3) is 0.111. The Balaban J connectivity index is 2.60. The fourth-order valence-electron chi connectivity index (χ4n) is 1.44. The summed E-state index contributed by atoms with van der Waals surface area (Å²) in [7, 11) is -7.11. The number of primary sulfonamides is 1. The van der Waals surface area contributed by atoms with Gasteiger partial charge in [-0.2, -0.15) is 8.42 Å². The summed E-state index contributed by atoms with van der Waals surface area (Å²) in [5.41, 5.74) is -0.417. The van der Waals surface area contributed by atoms with Crippen LogP contribution in [0.1, 0.15) is 0 Å². The molecule has 0 bridgehead atoms. The first-order chi connectivity index (χ1) is 10.5. The lowest BCUT2D eigenvalue weighted by Gasteiger charge is -1.98. The molecule has 0 spiro atoms. The summed E-state index contributed by atoms with van der Waals surface area (Å²) in [6.45, 7) is 0. The molecule has 0 aliphatic heterocycles. The van der Waals surface area contributed by atoms with Gasteiger partial charge in [-0.25, -0.2) is 18.2 Å². The highest BCUT2D eigenvalue weighted by Crippen LogP contribution is 2.19. The van der Waals surface area contributed by atoms with Gasteiger partial charge >= 0.3 is 0 Å². The molecule has 0 atom stereocenters. The molecule has 0 unspecified atom stereocenters. The Morgan fingerprint density at radius 3 is 2.52 bits per heavy atom. The van der Waals surface area contributed by atoms with E-state index in [-0.39, 0.29) is 4.80 Å². The molecule has 124 valence electrons. The van der Waals surface area contributed by atoms with E-state index in [0.717, 1.165) is 22.9 Å². The minimum atomic E-state index is -4.29. The first-order valence-corrected chi connectivity index (χ1v) is 9.43. The van der Waals surface area contributed by atoms with Crippen LogP contribution in [0.4, 0.5) is 5.69 Å². The van der Waals surface area contributed by atoms with E-state index in [4.69, 9.17) is 5.14 Å². The number of nitro benzene ring substituents is 1. The molecule has 2 rings (SSSR count). The summed E-state index contributed by atoms with van der Waals surface area (Å²) >= 11 is 0.458. The Hall–Kier alpha value is -2.16. The van der Waals surface area contributed by atoms with Gasteiger partial charge in [-0.3, -0.25) is 10.1 Å². The van der Waals surface area contributed by atoms with Crippen molar-refractivity contribution in [3.05, 3.63) is 39.2 Å². The van der Waals surface area contributed by atoms with Gasteiger partial charge in [-0.15, -0.1) is 9.50 Å². The second-order valence-electron chi connectivity index (χ2n) is 4.14. The van der Waals surface area contributed by atoms with E-state index < -0.39 is 39.9 Å². The molecule has 0 aliphatic rings. The molecule has 0 saturated carbocycles. The maximum Gasteiger partial charge on any atom is 0.285 e. The van der Waals surface area contributed by atoms with Gasteiger partial charge < -0.3 is 0 Å². The summed E-state index contributed by atoms with van der Waals surface area (Å²) in [6.07, 6.45) is 0. The standard InChI is InChI=1S/C9H9N5O6S3/c1-13-8(21-9(11-13)22(10,17)18)12-23(19,20)7-4-2-3-6(5-7)14(15)16/h2-5H,1H3,(H2,10,17,18)/b12-8+. The van der Waals surface area contributed by atoms with Crippen molar-refractivity contribution < 1.29 is 21.8 Å². The van der Waals surface area contributed by atoms with E-state index >= 15 is 0 Å². The Kier molecular flexibility index (Phi) is 4.34. The van der Waals surface area contributed by atoms with Crippen LogP contribution in [0, 0.1) is 10.1 Å². The summed E-state index contributed by atoms with van der Waals surface area (Å²) in [6, 6.07) is 4.31. The number of aryl methyl sites for hydroxylation is 1. The zero-order chi connectivity index (χ0) is 17.4. The molecule has 0 radical (unpaired) electrons. The topological polar surface area (TPSA) is 168 Å². The van der Waals surface area contributed by atoms with E-state index in [2.05, 4.69) is 9.50 Å². The van der Waals surface area contributed by atoms with Gasteiger partial charge in [0.1, 0.15) is 0 Å². The molecule has 1 aromatic heterocycles. The van der Waals surface area contributed by atoms with Crippen molar-refractivity contribution in [2.45, 2.75) is 9.24 Å². The molecule has 0 fully saturated rings. The molecule has 14 heteroatoms. The highest BCUT2D eigenvalue weighted by molar-refractivity contribution is 7.91. The third-order valence-corrected chi connectivity index (χ3v) is 6.14. The van der Waals surface area contributed by atoms with Crippen LogP contribution in [0.2, 0.25) is 0 Å². The van der Waals surface area contributed by atoms with Gasteiger partial charge in [0, 0.05) is 19.2 Å². The lowest BCUT2D eigenvalue weighted by atomic mass is 10.3. The summed E-state index contributed by atoms with van der Waals surface area (Å²) in [5.74, 6) is 0. The molecule has 1 heterocycles. The highest BCUT2D eigenvalue weighted by atomic mass is 32.2. The lowest BCUT2D eigenvalue weighted by Crippen LogP contribution is -2.15. The zero-order valence-electron chi connectivity index (χ0n) is 11.3. The average molecular weight is 379 g/mol. The SMILES string of the molecule is Cn1nc(S(N)(=O)=O)s/c1=N/S(=O)(=O)c1cccc([N+](=O)[O-])c1. The number of hydrogen-bond donors (Lipinski definition) is 1. The minimum absolute atomic E-state index is 0.250. The second kappa shape index (κ2) is 5.80. The zero-order valence-corrected chi connectivity index (χ0v) is 13.8. The van der Waals surface area contributed by atoms with Gasteiger partial charge in [-0.05, 0) is 6.07 Å². The van der Waals surface area contributed by atoms with E-state index in [1.54, 1.807) is 0 Å². The number of rotatable bonds is 4. The Labute approximate surface area is 134 Å². The van der Waals surface area contributed by atoms with Crippen molar-refractivity contribution in [3.63, 3.8) is 0 Å². The summed E-state index contributed by atoms with van der Waals surface area (Å²) in [5, 5.41) is 19.2. The quantitative estimate of drug-likeness (QED) is 0.542. The van der Waals surface area contributed by atoms with Crippen molar-refractivity contribution in [1.29, 1.82) is 0 Å². The number of sulfonamides is 2. The first kappa shape index (κ1) is 17.2. The molecule has 2 aromatic rings. The number of aromatic nitrogens is 2. The van der Waals surface area contributed by atoms with Crippen molar-refractivity contribution in [3.8, 4) is 0 Å². The number of non-ortho nitro benzene ring substituents is 1. The van der Waals surface area contributed by atoms with E-state index in [1.807, 2.05) is 0 Å². The van der Waals surface area contributed by atoms with Crippen LogP contribution in [0.15, 0.2) is 37.9 Å². The molecule has 0 aliphatic carbocycles. The predicted molar refractivity (Wildman–Crippen MR) is 78.3 cm³/mol. The molecule has 23 heavy (non-hydrogen) atoms. The highest BCUT2D eigenvalue weighted by Gasteiger charge is 2.19. The van der Waals surface area contributed by atoms with Gasteiger partial charge in [0.05, 0.1) is 9.82 Å². The number of benzene rings is 1. The number of nitrogens with two attached hydrogens (primary N) is 1. The van der Waals surface area contributed by atoms with Crippen molar-refractivity contribution >= 4 is 37.1 Å². The first-order valence-electron chi connectivity index (χ1n) is 5.63. The smallest absolute Gasteiger partial charge is 0.258 e. The van der Waals surface area contributed by atoms with Crippen molar-refractivity contribution in [2.24, 2.45) is 16.6 Å². The van der Waals surface area contributed by atoms with E-state index in [1.165, 1.54) is 13.1 Å². The average Bonchev–Trinajstić information content (AvgIpc) is 2.80. The fourth-order valence-corrected chi connectivity index (χ4v) is 4.25. The maximum atomic E-state index is 12.2. The molecular formula is C9H9N5O6S3. The molecule has 0 saturated heterocycles. The number of nitro groups is 1. The normalized spacial score (nSPS) is 13.2. The molecule has 11 nitrogen and oxygen atoms in total. The maximum absolute atomic E-state index is 12.2. The Bertz CT molecular complexity index is 1050. The van der Waals surface area contributed by atoms with Crippen LogP contribution in [0.5, 0.6) is 0 Å². The van der Waals surface area contributed by atoms with Crippen LogP contribution >= 0.6 is 11.3 Å². The van der Waals surface area contributed by atoms with Crippen LogP contribution in [0.25, 0.3) is 0 Å². The largest absolute Gasteiger partial charge is 0.285 e. The van der Waals surface area contributed by atoms with Crippen LogP contribution in [-0.2, 0) is 27.1 Å². The number of hydrogen-bond acceptors (Lipinski definition) is 8. The molecular weight excluding hydrogens is 370 g/mol. The Morgan fingerprint density at radius 1 is 1.35 bits per heavy atom. The van der Waals surface area contributed by atoms with Gasteiger partial charge in [0.2, 0.25) is 9.14 Å². The van der Waals surface area contributed by atoms with Gasteiger partial charge in [0.25, 0.3) is 25.7 Å². The van der Waals surface area contributed by atoms with Crippen molar-refractivity contribution in [2.75, 3.05) is 0 Å². The Morgan fingerprint density at radius 2 is 2.00 bits per heavy atom. The van der Waals surface area contributed by atoms with E-state index in [9.17, 15) is 26.9 Å². The lowest BCUT2D eigenvalue weighted by molar-refractivity contribution is -0.385. The van der Waals surface area contributed by atoms with E-state index in [0.29, 0.717) is 11.3 Å². The second-order valence-corrected chi connectivity index (χ2v) is 8.44. The van der Waals surface area contributed by atoms with Gasteiger partial charge in [0.15, 0.2) is 0 Å². The third kappa shape index (κ3) is 3.79. The van der Waals surface area contributed by atoms with Gasteiger partial charge in [-0.1, -0.05) is 17.4 Å². The van der Waals surface area contributed by atoms with Crippen LogP contribution in [-0.4, -0.2) is 31.5 Å². The monoisotopic (exact) mass is 379 g/mol.